The van der Waals surface area contributed by atoms with Gasteiger partial charge in [-0.1, -0.05) is 0 Å². The lowest BCUT2D eigenvalue weighted by atomic mass is 10.2. The van der Waals surface area contributed by atoms with Crippen LogP contribution in [0.1, 0.15) is 12.0 Å². The molecule has 3 N–H and O–H groups in total. The van der Waals surface area contributed by atoms with Crippen molar-refractivity contribution in [3.05, 3.63) is 23.8 Å². The Morgan fingerprint density at radius 1 is 1.38 bits per heavy atom. The van der Waals surface area contributed by atoms with Crippen LogP contribution < -0.4 is 11.1 Å². The number of hydrogen-bond acceptors (Lipinski definition) is 2. The van der Waals surface area contributed by atoms with Crippen LogP contribution in [0.2, 0.25) is 0 Å². The highest BCUT2D eigenvalue weighted by molar-refractivity contribution is 5.56. The zero-order valence-corrected chi connectivity index (χ0v) is 7.81. The fraction of sp³-hybridized carbons (Fsp3) is 0.400. The third kappa shape index (κ3) is 3.32. The van der Waals surface area contributed by atoms with Gasteiger partial charge in [0.15, 0.2) is 0 Å². The Labute approximate surface area is 77.9 Å². The van der Waals surface area contributed by atoms with Crippen molar-refractivity contribution in [2.45, 2.75) is 13.3 Å². The van der Waals surface area contributed by atoms with Gasteiger partial charge in [-0.25, -0.2) is 0 Å². The van der Waals surface area contributed by atoms with Crippen LogP contribution in [-0.2, 0) is 0 Å². The Hall–Kier alpha value is -1.25. The van der Waals surface area contributed by atoms with E-state index in [1.54, 1.807) is 0 Å². The first-order valence-corrected chi connectivity index (χ1v) is 4.39. The van der Waals surface area contributed by atoms with Gasteiger partial charge < -0.3 is 11.1 Å². The van der Waals surface area contributed by atoms with Crippen molar-refractivity contribution >= 4 is 11.4 Å². The Balaban J connectivity index is 2.56. The third-order valence-corrected chi connectivity index (χ3v) is 1.74. The third-order valence-electron chi connectivity index (χ3n) is 1.74. The van der Waals surface area contributed by atoms with Crippen LogP contribution in [-0.4, -0.2) is 13.2 Å². The summed E-state index contributed by atoms with van der Waals surface area (Å²) in [6, 6.07) is 5.75. The molecule has 2 nitrogen and oxygen atoms in total. The first-order chi connectivity index (χ1) is 6.22. The molecule has 0 aromatic heterocycles. The second-order valence-corrected chi connectivity index (χ2v) is 3.10. The second-order valence-electron chi connectivity index (χ2n) is 3.10. The van der Waals surface area contributed by atoms with Crippen LogP contribution in [0.25, 0.3) is 0 Å². The van der Waals surface area contributed by atoms with Crippen LogP contribution in [0.5, 0.6) is 0 Å². The number of rotatable bonds is 4. The fourth-order valence-electron chi connectivity index (χ4n) is 1.21. The number of halogens is 1. The number of nitrogen functional groups attached to an aromatic ring is 1. The number of hydrogen-bond donors (Lipinski definition) is 2. The lowest BCUT2D eigenvalue weighted by Crippen LogP contribution is -2.02. The molecule has 0 heterocycles. The standard InChI is InChI=1S/C10H15FN2/c1-8-5-9(12)7-10(6-8)13-4-2-3-11/h5-7,13H,2-4,12H2,1H3. The highest BCUT2D eigenvalue weighted by Gasteiger charge is 1.94. The average molecular weight is 182 g/mol. The molecular formula is C10H15FN2. The van der Waals surface area contributed by atoms with E-state index in [1.165, 1.54) is 0 Å². The minimum absolute atomic E-state index is 0.283. The Kier molecular flexibility index (Phi) is 3.55. The van der Waals surface area contributed by atoms with Gasteiger partial charge in [-0.3, -0.25) is 4.39 Å². The molecular weight excluding hydrogens is 167 g/mol. The van der Waals surface area contributed by atoms with E-state index < -0.39 is 0 Å². The van der Waals surface area contributed by atoms with Gasteiger partial charge in [0.05, 0.1) is 6.67 Å². The molecule has 0 radical (unpaired) electrons. The SMILES string of the molecule is Cc1cc(N)cc(NCCCF)c1. The molecule has 0 atom stereocenters. The molecule has 0 amide bonds. The summed E-state index contributed by atoms with van der Waals surface area (Å²) in [5.41, 5.74) is 8.47. The number of aryl methyl sites for hydroxylation is 1. The average Bonchev–Trinajstić information content (AvgIpc) is 2.03. The monoisotopic (exact) mass is 182 g/mol. The minimum Gasteiger partial charge on any atom is -0.399 e. The van der Waals surface area contributed by atoms with Crippen LogP contribution in [0.4, 0.5) is 15.8 Å². The van der Waals surface area contributed by atoms with Crippen molar-refractivity contribution in [3.8, 4) is 0 Å². The molecule has 0 saturated carbocycles. The van der Waals surface area contributed by atoms with Crippen molar-refractivity contribution in [2.24, 2.45) is 0 Å². The fourth-order valence-corrected chi connectivity index (χ4v) is 1.21. The van der Waals surface area contributed by atoms with Crippen molar-refractivity contribution < 1.29 is 4.39 Å². The second kappa shape index (κ2) is 4.70. The van der Waals surface area contributed by atoms with E-state index in [9.17, 15) is 4.39 Å². The summed E-state index contributed by atoms with van der Waals surface area (Å²) in [5.74, 6) is 0. The number of nitrogens with two attached hydrogens (primary N) is 1. The smallest absolute Gasteiger partial charge is 0.0911 e. The molecule has 0 aliphatic carbocycles. The Morgan fingerprint density at radius 3 is 2.77 bits per heavy atom. The van der Waals surface area contributed by atoms with Gasteiger partial charge >= 0.3 is 0 Å². The molecule has 72 valence electrons. The molecule has 0 saturated heterocycles. The molecule has 1 aromatic carbocycles. The molecule has 3 heteroatoms. The summed E-state index contributed by atoms with van der Waals surface area (Å²) in [7, 11) is 0. The van der Waals surface area contributed by atoms with Crippen LogP contribution in [0, 0.1) is 6.92 Å². The van der Waals surface area contributed by atoms with Crippen LogP contribution in [0.15, 0.2) is 18.2 Å². The van der Waals surface area contributed by atoms with Gasteiger partial charge in [0.25, 0.3) is 0 Å². The predicted molar refractivity (Wildman–Crippen MR) is 54.7 cm³/mol. The molecule has 1 aromatic rings. The van der Waals surface area contributed by atoms with Crippen molar-refractivity contribution in [1.82, 2.24) is 0 Å². The van der Waals surface area contributed by atoms with E-state index in [0.29, 0.717) is 13.0 Å². The molecule has 0 aliphatic rings. The van der Waals surface area contributed by atoms with Crippen molar-refractivity contribution in [1.29, 1.82) is 0 Å². The molecule has 0 aliphatic heterocycles. The summed E-state index contributed by atoms with van der Waals surface area (Å²) in [6.07, 6.45) is 0.536. The Bertz CT molecular complexity index is 253. The maximum Gasteiger partial charge on any atom is 0.0911 e. The van der Waals surface area contributed by atoms with Crippen molar-refractivity contribution in [2.75, 3.05) is 24.3 Å². The van der Waals surface area contributed by atoms with Crippen LogP contribution >= 0.6 is 0 Å². The van der Waals surface area contributed by atoms with Gasteiger partial charge in [0.1, 0.15) is 0 Å². The van der Waals surface area contributed by atoms with E-state index in [0.717, 1.165) is 16.9 Å². The van der Waals surface area contributed by atoms with E-state index in [1.807, 2.05) is 25.1 Å². The zero-order chi connectivity index (χ0) is 9.68. The van der Waals surface area contributed by atoms with Gasteiger partial charge in [0.2, 0.25) is 0 Å². The molecule has 0 fully saturated rings. The van der Waals surface area contributed by atoms with E-state index in [-0.39, 0.29) is 6.67 Å². The summed E-state index contributed by atoms with van der Waals surface area (Å²) in [4.78, 5) is 0. The van der Waals surface area contributed by atoms with Crippen LogP contribution in [0.3, 0.4) is 0 Å². The summed E-state index contributed by atoms with van der Waals surface area (Å²) < 4.78 is 11.8. The molecule has 0 bridgehead atoms. The topological polar surface area (TPSA) is 38.0 Å². The lowest BCUT2D eigenvalue weighted by Gasteiger charge is -2.06. The molecule has 1 rings (SSSR count). The lowest BCUT2D eigenvalue weighted by molar-refractivity contribution is 0.481. The number of anilines is 2. The summed E-state index contributed by atoms with van der Waals surface area (Å²) in [6.45, 7) is 2.35. The minimum atomic E-state index is -0.283. The quantitative estimate of drug-likeness (QED) is 0.554. The molecule has 0 spiro atoms. The maximum atomic E-state index is 11.8. The number of alkyl halides is 1. The first-order valence-electron chi connectivity index (χ1n) is 4.39. The molecule has 13 heavy (non-hydrogen) atoms. The van der Waals surface area contributed by atoms with E-state index in [2.05, 4.69) is 5.32 Å². The van der Waals surface area contributed by atoms with E-state index in [4.69, 9.17) is 5.73 Å². The number of nitrogens with one attached hydrogen (secondary N) is 1. The van der Waals surface area contributed by atoms with Gasteiger partial charge in [0, 0.05) is 17.9 Å². The zero-order valence-electron chi connectivity index (χ0n) is 7.81. The van der Waals surface area contributed by atoms with Gasteiger partial charge in [-0.2, -0.15) is 0 Å². The van der Waals surface area contributed by atoms with Gasteiger partial charge in [-0.15, -0.1) is 0 Å². The predicted octanol–water partition coefficient (Wildman–Crippen LogP) is 2.35. The van der Waals surface area contributed by atoms with Gasteiger partial charge in [-0.05, 0) is 37.1 Å². The van der Waals surface area contributed by atoms with Crippen molar-refractivity contribution in [3.63, 3.8) is 0 Å². The number of benzene rings is 1. The summed E-state index contributed by atoms with van der Waals surface area (Å²) in [5, 5.41) is 3.11. The highest BCUT2D eigenvalue weighted by Crippen LogP contribution is 2.15. The highest BCUT2D eigenvalue weighted by atomic mass is 19.1. The molecule has 0 unspecified atom stereocenters. The summed E-state index contributed by atoms with van der Waals surface area (Å²) >= 11 is 0. The first kappa shape index (κ1) is 9.84. The Morgan fingerprint density at radius 2 is 2.15 bits per heavy atom. The largest absolute Gasteiger partial charge is 0.399 e. The van der Waals surface area contributed by atoms with E-state index >= 15 is 0 Å². The maximum absolute atomic E-state index is 11.8. The normalized spacial score (nSPS) is 10.0.